The van der Waals surface area contributed by atoms with Gasteiger partial charge in [-0.1, -0.05) is 18.2 Å². The molecule has 1 unspecified atom stereocenters. The number of ether oxygens (including phenoxy) is 1. The third-order valence-electron chi connectivity index (χ3n) is 4.87. The second kappa shape index (κ2) is 8.12. The number of amides is 2. The van der Waals surface area contributed by atoms with Gasteiger partial charge in [-0.2, -0.15) is 0 Å². The molecule has 1 fully saturated rings. The zero-order valence-electron chi connectivity index (χ0n) is 15.6. The maximum absolute atomic E-state index is 13.0. The summed E-state index contributed by atoms with van der Waals surface area (Å²) in [5.74, 6) is -1.08. The number of nitrogens with zero attached hydrogens (tertiary/aromatic N) is 1. The van der Waals surface area contributed by atoms with Crippen LogP contribution in [0.15, 0.2) is 54.6 Å². The first-order chi connectivity index (χ1) is 13.4. The summed E-state index contributed by atoms with van der Waals surface area (Å²) < 4.78 is 5.08. The summed E-state index contributed by atoms with van der Waals surface area (Å²) in [5, 5.41) is 11.5. The molecule has 2 aromatic rings. The van der Waals surface area contributed by atoms with Crippen molar-refractivity contribution in [1.29, 1.82) is 0 Å². The molecule has 1 heterocycles. The molecule has 1 atom stereocenters. The highest BCUT2D eigenvalue weighted by Gasteiger charge is 2.45. The summed E-state index contributed by atoms with van der Waals surface area (Å²) >= 11 is 0. The van der Waals surface area contributed by atoms with Gasteiger partial charge in [-0.05, 0) is 56.2 Å². The lowest BCUT2D eigenvalue weighted by molar-refractivity contribution is -0.139. The Labute approximate surface area is 162 Å². The van der Waals surface area contributed by atoms with Gasteiger partial charge in [-0.3, -0.25) is 9.59 Å². The lowest BCUT2D eigenvalue weighted by Crippen LogP contribution is -2.53. The molecule has 7 heteroatoms. The molecule has 0 saturated carbocycles. The van der Waals surface area contributed by atoms with Crippen molar-refractivity contribution in [1.82, 2.24) is 4.90 Å². The van der Waals surface area contributed by atoms with Crippen LogP contribution in [0.4, 0.5) is 5.69 Å². The highest BCUT2D eigenvalue weighted by atomic mass is 16.5. The number of nitrogens with one attached hydrogen (secondary N) is 1. The maximum atomic E-state index is 13.0. The van der Waals surface area contributed by atoms with Crippen molar-refractivity contribution in [2.24, 2.45) is 0 Å². The van der Waals surface area contributed by atoms with E-state index in [0.29, 0.717) is 30.0 Å². The summed E-state index contributed by atoms with van der Waals surface area (Å²) in [6.45, 7) is 1.88. The zero-order valence-corrected chi connectivity index (χ0v) is 15.6. The molecule has 28 heavy (non-hydrogen) atoms. The van der Waals surface area contributed by atoms with Crippen LogP contribution < -0.4 is 10.1 Å². The molecule has 146 valence electrons. The summed E-state index contributed by atoms with van der Waals surface area (Å²) in [7, 11) is 0. The Hall–Kier alpha value is -3.35. The number of hydrogen-bond donors (Lipinski definition) is 2. The van der Waals surface area contributed by atoms with Gasteiger partial charge in [-0.15, -0.1) is 0 Å². The number of likely N-dealkylation sites (tertiary alicyclic amines) is 1. The van der Waals surface area contributed by atoms with E-state index in [4.69, 9.17) is 9.84 Å². The van der Waals surface area contributed by atoms with Gasteiger partial charge in [0.05, 0.1) is 0 Å². The van der Waals surface area contributed by atoms with Crippen LogP contribution >= 0.6 is 0 Å². The number of rotatable bonds is 6. The molecule has 0 aliphatic carbocycles. The molecule has 1 aliphatic heterocycles. The van der Waals surface area contributed by atoms with Gasteiger partial charge >= 0.3 is 5.97 Å². The van der Waals surface area contributed by atoms with E-state index in [1.807, 2.05) is 6.07 Å². The first kappa shape index (κ1) is 19.4. The Morgan fingerprint density at radius 2 is 1.79 bits per heavy atom. The van der Waals surface area contributed by atoms with Crippen molar-refractivity contribution in [2.45, 2.75) is 25.3 Å². The maximum Gasteiger partial charge on any atom is 0.341 e. The molecule has 2 N–H and O–H groups in total. The van der Waals surface area contributed by atoms with Crippen LogP contribution in [-0.4, -0.2) is 46.5 Å². The summed E-state index contributed by atoms with van der Waals surface area (Å²) in [5.41, 5.74) is 0.169. The van der Waals surface area contributed by atoms with Gasteiger partial charge < -0.3 is 20.1 Å². The molecule has 0 bridgehead atoms. The third-order valence-corrected chi connectivity index (χ3v) is 4.87. The number of carbonyl (C=O) groups is 3. The third kappa shape index (κ3) is 4.14. The Bertz CT molecular complexity index is 866. The van der Waals surface area contributed by atoms with Gasteiger partial charge in [0.2, 0.25) is 5.91 Å². The van der Waals surface area contributed by atoms with E-state index < -0.39 is 18.1 Å². The molecule has 2 amide bonds. The van der Waals surface area contributed by atoms with Crippen LogP contribution in [0, 0.1) is 0 Å². The van der Waals surface area contributed by atoms with Crippen LogP contribution in [0.3, 0.4) is 0 Å². The number of carboxylic acids is 1. The van der Waals surface area contributed by atoms with Crippen LogP contribution in [0.25, 0.3) is 0 Å². The first-order valence-corrected chi connectivity index (χ1v) is 9.03. The Kier molecular flexibility index (Phi) is 5.63. The number of benzene rings is 2. The molecule has 3 rings (SSSR count). The van der Waals surface area contributed by atoms with E-state index in [1.54, 1.807) is 60.4 Å². The number of anilines is 1. The van der Waals surface area contributed by atoms with Crippen LogP contribution in [0.5, 0.6) is 5.75 Å². The molecule has 2 aromatic carbocycles. The topological polar surface area (TPSA) is 95.9 Å². The summed E-state index contributed by atoms with van der Waals surface area (Å²) in [4.78, 5) is 38.0. The van der Waals surface area contributed by atoms with Crippen LogP contribution in [-0.2, 0) is 9.59 Å². The fourth-order valence-corrected chi connectivity index (χ4v) is 3.31. The molecular formula is C21H22N2O5. The minimum absolute atomic E-state index is 0.159. The summed E-state index contributed by atoms with van der Waals surface area (Å²) in [6, 6.07) is 15.4. The summed E-state index contributed by atoms with van der Waals surface area (Å²) in [6.07, 6.45) is 1.33. The highest BCUT2D eigenvalue weighted by Crippen LogP contribution is 2.32. The van der Waals surface area contributed by atoms with Crippen LogP contribution in [0.2, 0.25) is 0 Å². The number of aliphatic carboxylic acids is 1. The van der Waals surface area contributed by atoms with E-state index in [0.717, 1.165) is 6.42 Å². The van der Waals surface area contributed by atoms with Crippen molar-refractivity contribution in [3.05, 3.63) is 60.2 Å². The van der Waals surface area contributed by atoms with Gasteiger partial charge in [-0.25, -0.2) is 4.79 Å². The number of carbonyl (C=O) groups excluding carboxylic acids is 2. The van der Waals surface area contributed by atoms with E-state index in [-0.39, 0.29) is 11.8 Å². The average Bonchev–Trinajstić information content (AvgIpc) is 3.10. The fourth-order valence-electron chi connectivity index (χ4n) is 3.31. The molecule has 7 nitrogen and oxygen atoms in total. The smallest absolute Gasteiger partial charge is 0.341 e. The predicted octanol–water partition coefficient (Wildman–Crippen LogP) is 2.78. The molecule has 0 spiro atoms. The second-order valence-electron chi connectivity index (χ2n) is 6.86. The molecule has 0 aromatic heterocycles. The number of carboxylic acid groups (broad SMARTS) is 1. The SMILES string of the molecule is CC1(C(=O)Nc2ccc(OCC(=O)O)cc2)CCCN1C(=O)c1ccccc1. The first-order valence-electron chi connectivity index (χ1n) is 9.03. The Balaban J connectivity index is 1.70. The highest BCUT2D eigenvalue weighted by molar-refractivity contribution is 6.03. The molecule has 1 aliphatic rings. The normalized spacial score (nSPS) is 18.5. The van der Waals surface area contributed by atoms with E-state index >= 15 is 0 Å². The fraction of sp³-hybridized carbons (Fsp3) is 0.286. The Morgan fingerprint density at radius 3 is 2.43 bits per heavy atom. The lowest BCUT2D eigenvalue weighted by Gasteiger charge is -2.34. The van der Waals surface area contributed by atoms with E-state index in [2.05, 4.69) is 5.32 Å². The van der Waals surface area contributed by atoms with Gasteiger partial charge in [0.25, 0.3) is 5.91 Å². The second-order valence-corrected chi connectivity index (χ2v) is 6.86. The Morgan fingerprint density at radius 1 is 1.11 bits per heavy atom. The molecule has 1 saturated heterocycles. The molecule has 0 radical (unpaired) electrons. The van der Waals surface area contributed by atoms with Crippen molar-refractivity contribution in [2.75, 3.05) is 18.5 Å². The quantitative estimate of drug-likeness (QED) is 0.801. The van der Waals surface area contributed by atoms with Gasteiger partial charge in [0, 0.05) is 17.8 Å². The standard InChI is InChI=1S/C21H22N2O5/c1-21(12-5-13-23(21)19(26)15-6-3-2-4-7-15)20(27)22-16-8-10-17(11-9-16)28-14-18(24)25/h2-4,6-11H,5,12-14H2,1H3,(H,22,27)(H,24,25). The van der Waals surface area contributed by atoms with Crippen molar-refractivity contribution in [3.63, 3.8) is 0 Å². The van der Waals surface area contributed by atoms with E-state index in [1.165, 1.54) is 0 Å². The van der Waals surface area contributed by atoms with Crippen molar-refractivity contribution in [3.8, 4) is 5.75 Å². The van der Waals surface area contributed by atoms with Gasteiger partial charge in [0.15, 0.2) is 6.61 Å². The lowest BCUT2D eigenvalue weighted by atomic mass is 9.96. The van der Waals surface area contributed by atoms with Crippen molar-refractivity contribution >= 4 is 23.5 Å². The van der Waals surface area contributed by atoms with Crippen LogP contribution in [0.1, 0.15) is 30.1 Å². The largest absolute Gasteiger partial charge is 0.482 e. The monoisotopic (exact) mass is 382 g/mol. The minimum Gasteiger partial charge on any atom is -0.482 e. The molecular weight excluding hydrogens is 360 g/mol. The van der Waals surface area contributed by atoms with Crippen molar-refractivity contribution < 1.29 is 24.2 Å². The number of hydrogen-bond acceptors (Lipinski definition) is 4. The minimum atomic E-state index is -1.06. The van der Waals surface area contributed by atoms with E-state index in [9.17, 15) is 14.4 Å². The zero-order chi connectivity index (χ0) is 20.1. The predicted molar refractivity (Wildman–Crippen MR) is 103 cm³/mol. The average molecular weight is 382 g/mol. The van der Waals surface area contributed by atoms with Gasteiger partial charge in [0.1, 0.15) is 11.3 Å².